The Morgan fingerprint density at radius 2 is 1.42 bits per heavy atom. The van der Waals surface area contributed by atoms with Gasteiger partial charge in [0.25, 0.3) is 0 Å². The van der Waals surface area contributed by atoms with Crippen LogP contribution in [-0.2, 0) is 23.9 Å². The van der Waals surface area contributed by atoms with Crippen molar-refractivity contribution in [2.45, 2.75) is 27.2 Å². The van der Waals surface area contributed by atoms with Crippen molar-refractivity contribution in [3.63, 3.8) is 0 Å². The molecule has 0 amide bonds. The van der Waals surface area contributed by atoms with Crippen molar-refractivity contribution in [3.8, 4) is 28.4 Å². The molecule has 0 saturated carbocycles. The fourth-order valence-electron chi connectivity index (χ4n) is 2.70. The van der Waals surface area contributed by atoms with Crippen LogP contribution >= 0.6 is 0 Å². The summed E-state index contributed by atoms with van der Waals surface area (Å²) in [5, 5.41) is 0. The lowest BCUT2D eigenvalue weighted by atomic mass is 10.0. The van der Waals surface area contributed by atoms with Crippen molar-refractivity contribution >= 4 is 17.9 Å². The van der Waals surface area contributed by atoms with Crippen LogP contribution in [0.4, 0.5) is 4.39 Å². The Morgan fingerprint density at radius 3 is 2.03 bits per heavy atom. The predicted molar refractivity (Wildman–Crippen MR) is 130 cm³/mol. The van der Waals surface area contributed by atoms with Crippen molar-refractivity contribution in [3.05, 3.63) is 66.5 Å². The number of halogens is 1. The third-order valence-electron chi connectivity index (χ3n) is 4.56. The van der Waals surface area contributed by atoms with Crippen LogP contribution in [0.1, 0.15) is 27.2 Å². The monoisotopic (exact) mass is 500 g/mol. The minimum Gasteiger partial charge on any atom is -0.486 e. The summed E-state index contributed by atoms with van der Waals surface area (Å²) in [4.78, 5) is 34.6. The molecule has 0 heterocycles. The number of ether oxygens (including phenoxy) is 5. The molecule has 0 saturated heterocycles. The molecule has 0 aliphatic carbocycles. The molecular formula is C27H29FO8. The maximum atomic E-state index is 15.0. The summed E-state index contributed by atoms with van der Waals surface area (Å²) in [6.45, 7) is 11.4. The van der Waals surface area contributed by atoms with Crippen LogP contribution in [0, 0.1) is 5.82 Å². The lowest BCUT2D eigenvalue weighted by molar-refractivity contribution is -0.144. The van der Waals surface area contributed by atoms with E-state index in [1.165, 1.54) is 19.9 Å². The third-order valence-corrected chi connectivity index (χ3v) is 4.56. The van der Waals surface area contributed by atoms with E-state index in [9.17, 15) is 14.4 Å². The van der Waals surface area contributed by atoms with Gasteiger partial charge in [-0.15, -0.1) is 0 Å². The Labute approximate surface area is 209 Å². The molecule has 0 spiro atoms. The third kappa shape index (κ3) is 8.57. The zero-order chi connectivity index (χ0) is 26.7. The summed E-state index contributed by atoms with van der Waals surface area (Å²) >= 11 is 0. The first-order valence-corrected chi connectivity index (χ1v) is 11.2. The van der Waals surface area contributed by atoms with E-state index in [2.05, 4.69) is 13.2 Å². The van der Waals surface area contributed by atoms with Crippen LogP contribution in [0.25, 0.3) is 11.1 Å². The fourth-order valence-corrected chi connectivity index (χ4v) is 2.70. The zero-order valence-corrected chi connectivity index (χ0v) is 20.6. The van der Waals surface area contributed by atoms with E-state index in [0.29, 0.717) is 16.9 Å². The van der Waals surface area contributed by atoms with Gasteiger partial charge in [-0.05, 0) is 49.2 Å². The first-order valence-electron chi connectivity index (χ1n) is 11.2. The smallest absolute Gasteiger partial charge is 0.338 e. The van der Waals surface area contributed by atoms with Crippen LogP contribution in [0.15, 0.2) is 60.7 Å². The first-order chi connectivity index (χ1) is 17.1. The number of benzene rings is 2. The molecule has 0 fully saturated rings. The molecule has 0 aliphatic rings. The number of esters is 3. The van der Waals surface area contributed by atoms with Gasteiger partial charge in [0, 0.05) is 17.6 Å². The second-order valence-electron chi connectivity index (χ2n) is 7.67. The van der Waals surface area contributed by atoms with Gasteiger partial charge in [-0.25, -0.2) is 14.0 Å². The zero-order valence-electron chi connectivity index (χ0n) is 20.6. The van der Waals surface area contributed by atoms with Gasteiger partial charge in [0.15, 0.2) is 17.3 Å². The Bertz CT molecular complexity index is 1120. The topological polar surface area (TPSA) is 97.4 Å². The van der Waals surface area contributed by atoms with Crippen LogP contribution < -0.4 is 14.2 Å². The quantitative estimate of drug-likeness (QED) is 0.167. The maximum Gasteiger partial charge on any atom is 0.338 e. The van der Waals surface area contributed by atoms with Crippen molar-refractivity contribution < 1.29 is 42.5 Å². The second kappa shape index (κ2) is 13.7. The van der Waals surface area contributed by atoms with Gasteiger partial charge in [-0.2, -0.15) is 0 Å². The van der Waals surface area contributed by atoms with E-state index >= 15 is 4.39 Å². The molecule has 2 aromatic rings. The number of hydrogen-bond donors (Lipinski definition) is 0. The molecule has 0 aliphatic heterocycles. The molecule has 36 heavy (non-hydrogen) atoms. The number of carbonyl (C=O) groups excluding carboxylic acids is 3. The van der Waals surface area contributed by atoms with Crippen LogP contribution in [-0.4, -0.2) is 44.3 Å². The molecule has 0 atom stereocenters. The second-order valence-corrected chi connectivity index (χ2v) is 7.67. The van der Waals surface area contributed by atoms with E-state index in [-0.39, 0.29) is 55.5 Å². The molecular weight excluding hydrogens is 471 g/mol. The Balaban J connectivity index is 2.21. The summed E-state index contributed by atoms with van der Waals surface area (Å²) in [7, 11) is 0. The average molecular weight is 501 g/mol. The molecule has 2 rings (SSSR count). The molecule has 192 valence electrons. The highest BCUT2D eigenvalue weighted by atomic mass is 19.1. The minimum absolute atomic E-state index is 0.0616. The summed E-state index contributed by atoms with van der Waals surface area (Å²) in [5.41, 5.74) is 1.58. The van der Waals surface area contributed by atoms with Crippen molar-refractivity contribution in [2.75, 3.05) is 26.4 Å². The number of hydrogen-bond acceptors (Lipinski definition) is 8. The van der Waals surface area contributed by atoms with Gasteiger partial charge in [-0.3, -0.25) is 4.79 Å². The van der Waals surface area contributed by atoms with Gasteiger partial charge in [0.05, 0.1) is 0 Å². The SMILES string of the molecule is C=C(C)C(=O)OCCOc1cc(-c2ccc(OC(=O)C(=C)C)cc2)cc(F)c1OCCOC(=O)CC. The summed E-state index contributed by atoms with van der Waals surface area (Å²) in [6.07, 6.45) is 0.214. The number of carbonyl (C=O) groups is 3. The van der Waals surface area contributed by atoms with E-state index < -0.39 is 23.7 Å². The van der Waals surface area contributed by atoms with Gasteiger partial charge in [-0.1, -0.05) is 32.2 Å². The Morgan fingerprint density at radius 1 is 0.806 bits per heavy atom. The van der Waals surface area contributed by atoms with Crippen LogP contribution in [0.2, 0.25) is 0 Å². The standard InChI is InChI=1S/C27H29FO8/c1-6-24(29)33-12-13-34-25-22(28)15-20(16-23(25)32-11-14-35-26(30)17(2)3)19-7-9-21(10-8-19)36-27(31)18(4)5/h7-10,15-16H,2,4,6,11-14H2,1,3,5H3. The van der Waals surface area contributed by atoms with Gasteiger partial charge >= 0.3 is 17.9 Å². The molecule has 0 aromatic heterocycles. The largest absolute Gasteiger partial charge is 0.486 e. The molecule has 0 bridgehead atoms. The highest BCUT2D eigenvalue weighted by Gasteiger charge is 2.16. The van der Waals surface area contributed by atoms with Crippen molar-refractivity contribution in [1.82, 2.24) is 0 Å². The molecule has 9 heteroatoms. The fraction of sp³-hybridized carbons (Fsp3) is 0.296. The van der Waals surface area contributed by atoms with Gasteiger partial charge in [0.2, 0.25) is 0 Å². The molecule has 8 nitrogen and oxygen atoms in total. The molecule has 0 N–H and O–H groups in total. The summed E-state index contributed by atoms with van der Waals surface area (Å²) in [6, 6.07) is 9.26. The van der Waals surface area contributed by atoms with E-state index in [4.69, 9.17) is 23.7 Å². The summed E-state index contributed by atoms with van der Waals surface area (Å²) < 4.78 is 41.3. The van der Waals surface area contributed by atoms with Crippen LogP contribution in [0.3, 0.4) is 0 Å². The van der Waals surface area contributed by atoms with E-state index in [1.807, 2.05) is 0 Å². The minimum atomic E-state index is -0.707. The molecule has 0 radical (unpaired) electrons. The number of rotatable bonds is 13. The normalized spacial score (nSPS) is 10.2. The maximum absolute atomic E-state index is 15.0. The highest BCUT2D eigenvalue weighted by Crippen LogP contribution is 2.36. The lowest BCUT2D eigenvalue weighted by Gasteiger charge is -2.16. The van der Waals surface area contributed by atoms with Crippen LogP contribution in [0.5, 0.6) is 17.2 Å². The van der Waals surface area contributed by atoms with Crippen molar-refractivity contribution in [2.24, 2.45) is 0 Å². The molecule has 0 unspecified atom stereocenters. The first kappa shape index (κ1) is 28.1. The highest BCUT2D eigenvalue weighted by molar-refractivity contribution is 5.89. The Hall–Kier alpha value is -4.14. The average Bonchev–Trinajstić information content (AvgIpc) is 2.85. The Kier molecular flexibility index (Phi) is 10.7. The lowest BCUT2D eigenvalue weighted by Crippen LogP contribution is -2.14. The van der Waals surface area contributed by atoms with Gasteiger partial charge < -0.3 is 23.7 Å². The van der Waals surface area contributed by atoms with E-state index in [0.717, 1.165) is 0 Å². The van der Waals surface area contributed by atoms with Crippen molar-refractivity contribution in [1.29, 1.82) is 0 Å². The predicted octanol–water partition coefficient (Wildman–Crippen LogP) is 4.80. The summed E-state index contributed by atoms with van der Waals surface area (Å²) in [5.74, 6) is -2.03. The van der Waals surface area contributed by atoms with Gasteiger partial charge in [0.1, 0.15) is 32.2 Å². The van der Waals surface area contributed by atoms with E-state index in [1.54, 1.807) is 37.3 Å². The molecule has 2 aromatic carbocycles.